The second-order valence-electron chi connectivity index (χ2n) is 30.8. The summed E-state index contributed by atoms with van der Waals surface area (Å²) in [4.78, 5) is 170. The van der Waals surface area contributed by atoms with E-state index in [-0.39, 0.29) is 95.3 Å². The molecule has 5 aromatic carbocycles. The number of aliphatic hydroxyl groups excluding tert-OH is 2. The standard InChI is InChI=1S/C83H91N3O27/c1-40-52(110-78(102)71(98)65(45-22-13-10-14-23-45)86-76(100)46-24-15-11-16-25-46)38-83(104)75(112-77(101)47-26-17-12-18-27-47)73-80(8,74(99)72(108-43(4)88)64(40)79(83,6)7)54(35-55-82(73,39-106-55)113-44(5)89)111-58(92)32-33-84-56(90)30-19-20-31-57(91)85-50-34-59(107-41(2)66(50)93)109-53-37-81(103,42(3)87)36-49-61(53)70(97)63-62(68(49)95)67(94)48-28-21-29-51(105-9)60(48)69(63)96/h10-18,21-29,41,50,52-55,59,65-66,71-73,75,93,95,97-98,103-104H,19-20,30-39H2,1-9H3,(H,84,90)(H,85,91)(H,86,100)/t41-,50-,52-,53-,54-,55+,59-,65-,66+,71+,72+,73-,75-,80+,81-,82-,83+/m0/s1. The Hall–Kier alpha value is -10.6. The fourth-order valence-electron chi connectivity index (χ4n) is 17.6. The van der Waals surface area contributed by atoms with E-state index in [4.69, 9.17) is 42.6 Å². The van der Waals surface area contributed by atoms with Gasteiger partial charge in [-0.1, -0.05) is 92.7 Å². The van der Waals surface area contributed by atoms with Gasteiger partial charge in [0.15, 0.2) is 41.4 Å². The third kappa shape index (κ3) is 15.1. The quantitative estimate of drug-likeness (QED) is 0.0118. The lowest BCUT2D eigenvalue weighted by Crippen LogP contribution is -2.82. The normalized spacial score (nSPS) is 29.0. The number of unbranched alkanes of at least 4 members (excludes halogenated alkanes) is 1. The first-order chi connectivity index (χ1) is 53.5. The average Bonchev–Trinajstić information content (AvgIpc) is 0.666. The first-order valence-electron chi connectivity index (χ1n) is 37.4. The monoisotopic (exact) mass is 1560 g/mol. The van der Waals surface area contributed by atoms with Gasteiger partial charge in [0.2, 0.25) is 17.6 Å². The Kier molecular flexibility index (Phi) is 23.3. The van der Waals surface area contributed by atoms with Gasteiger partial charge in [-0.2, -0.15) is 0 Å². The molecule has 7 aliphatic rings. The van der Waals surface area contributed by atoms with Crippen molar-refractivity contribution in [2.45, 2.75) is 210 Å². The second kappa shape index (κ2) is 32.1. The van der Waals surface area contributed by atoms with Crippen LogP contribution in [0.4, 0.5) is 0 Å². The zero-order valence-electron chi connectivity index (χ0n) is 63.6. The topological polar surface area (TPSA) is 445 Å². The Balaban J connectivity index is 0.737. The zero-order valence-corrected chi connectivity index (χ0v) is 63.6. The number of aliphatic hydroxyl groups is 4. The number of carbonyl (C=O) groups excluding carboxylic acids is 12. The molecule has 5 aromatic rings. The minimum Gasteiger partial charge on any atom is -0.507 e. The van der Waals surface area contributed by atoms with E-state index in [0.29, 0.717) is 5.56 Å². The molecule has 2 saturated heterocycles. The summed E-state index contributed by atoms with van der Waals surface area (Å²) in [6, 6.07) is 25.4. The zero-order chi connectivity index (χ0) is 81.7. The molecule has 3 amide bonds. The van der Waals surface area contributed by atoms with Gasteiger partial charge in [-0.25, -0.2) is 9.59 Å². The van der Waals surface area contributed by atoms with Crippen molar-refractivity contribution in [3.63, 3.8) is 0 Å². The molecule has 30 heteroatoms. The van der Waals surface area contributed by atoms with Gasteiger partial charge in [0.1, 0.15) is 59.0 Å². The van der Waals surface area contributed by atoms with Gasteiger partial charge in [0.05, 0.1) is 78.0 Å². The molecular weight excluding hydrogens is 1470 g/mol. The van der Waals surface area contributed by atoms with Crippen LogP contribution in [0.3, 0.4) is 0 Å². The van der Waals surface area contributed by atoms with Crippen LogP contribution < -0.4 is 20.7 Å². The van der Waals surface area contributed by atoms with Crippen LogP contribution in [0.5, 0.6) is 17.2 Å². The third-order valence-corrected chi connectivity index (χ3v) is 23.5. The van der Waals surface area contributed by atoms with Crippen LogP contribution >= 0.6 is 0 Å². The molecule has 2 heterocycles. The number of nitrogens with one attached hydrogen (secondary N) is 3. The molecule has 0 radical (unpaired) electrons. The fourth-order valence-corrected chi connectivity index (χ4v) is 17.6. The summed E-state index contributed by atoms with van der Waals surface area (Å²) in [5, 5.41) is 81.3. The number of ether oxygens (including phenoxy) is 9. The maximum atomic E-state index is 16.5. The number of carbonyl (C=O) groups is 12. The van der Waals surface area contributed by atoms with Crippen LogP contribution in [0, 0.1) is 16.7 Å². The first-order valence-corrected chi connectivity index (χ1v) is 37.4. The number of phenols is 2. The predicted molar refractivity (Wildman–Crippen MR) is 392 cm³/mol. The van der Waals surface area contributed by atoms with E-state index in [9.17, 15) is 83.4 Å². The van der Waals surface area contributed by atoms with Crippen molar-refractivity contribution >= 4 is 70.7 Å². The van der Waals surface area contributed by atoms with Crippen molar-refractivity contribution in [2.75, 3.05) is 20.3 Å². The average molecular weight is 1560 g/mol. The molecule has 4 fully saturated rings. The highest BCUT2D eigenvalue weighted by Gasteiger charge is 2.79. The van der Waals surface area contributed by atoms with Crippen molar-refractivity contribution in [1.82, 2.24) is 16.0 Å². The number of amides is 3. The Morgan fingerprint density at radius 1 is 0.699 bits per heavy atom. The van der Waals surface area contributed by atoms with Gasteiger partial charge in [-0.15, -0.1) is 0 Å². The van der Waals surface area contributed by atoms with Crippen molar-refractivity contribution in [1.29, 1.82) is 0 Å². The van der Waals surface area contributed by atoms with Crippen LogP contribution in [-0.2, 0) is 82.7 Å². The van der Waals surface area contributed by atoms with Crippen LogP contribution in [0.1, 0.15) is 195 Å². The SMILES string of the molecule is COc1cccc2c1C(=O)c1c(O)c3c(c(O)c1C2=O)C[C@@](O)(C(C)=O)C[C@@H]3O[C@H]1C[C@H](NC(=O)CCCCC(=O)NCCC(=O)O[C@H]2C[C@H]3OC[C@@]3(OC(C)=O)[C@H]3[C@H](OC(=O)c4ccccc4)[C@]4(O)C[C@H](OC(=O)[C@H](O)[C@@H](NC(=O)c5ccccc5)c5ccccc5)C(C)=C([C@@H](OC(C)=O)C(=O)[C@]23C)C4(C)C)[C@H](O)[C@H](C)O1. The number of fused-ring (bicyclic) bond motifs is 8. The lowest BCUT2D eigenvalue weighted by Gasteiger charge is -2.67. The minimum atomic E-state index is -2.60. The van der Waals surface area contributed by atoms with E-state index < -0.39 is 232 Å². The van der Waals surface area contributed by atoms with E-state index in [1.165, 1.54) is 84.2 Å². The highest BCUT2D eigenvalue weighted by molar-refractivity contribution is 6.31. The summed E-state index contributed by atoms with van der Waals surface area (Å²) >= 11 is 0. The van der Waals surface area contributed by atoms with Gasteiger partial charge >= 0.3 is 29.8 Å². The van der Waals surface area contributed by atoms with Crippen molar-refractivity contribution < 1.29 is 131 Å². The Morgan fingerprint density at radius 2 is 1.34 bits per heavy atom. The maximum Gasteiger partial charge on any atom is 0.338 e. The molecule has 30 nitrogen and oxygen atoms in total. The van der Waals surface area contributed by atoms with Gasteiger partial charge in [-0.3, -0.25) is 47.9 Å². The molecule has 113 heavy (non-hydrogen) atoms. The van der Waals surface area contributed by atoms with Crippen LogP contribution in [0.15, 0.2) is 120 Å². The number of aromatic hydroxyl groups is 2. The lowest BCUT2D eigenvalue weighted by molar-refractivity contribution is -0.346. The Morgan fingerprint density at radius 3 is 1.96 bits per heavy atom. The highest BCUT2D eigenvalue weighted by atomic mass is 16.7. The summed E-state index contributed by atoms with van der Waals surface area (Å²) in [5.74, 6) is -13.7. The number of esters is 5. The number of hydrogen-bond acceptors (Lipinski definition) is 27. The smallest absolute Gasteiger partial charge is 0.338 e. The minimum absolute atomic E-state index is 0.0254. The molecule has 0 spiro atoms. The molecule has 9 N–H and O–H groups in total. The molecule has 2 aliphatic heterocycles. The van der Waals surface area contributed by atoms with Gasteiger partial charge < -0.3 is 89.2 Å². The summed E-state index contributed by atoms with van der Waals surface area (Å²) in [6.07, 6.45) is -18.9. The van der Waals surface area contributed by atoms with Crippen molar-refractivity contribution in [3.8, 4) is 17.2 Å². The van der Waals surface area contributed by atoms with Crippen LogP contribution in [0.25, 0.3) is 0 Å². The highest BCUT2D eigenvalue weighted by Crippen LogP contribution is 2.65. The molecule has 2 bridgehead atoms. The molecule has 5 aliphatic carbocycles. The van der Waals surface area contributed by atoms with Crippen molar-refractivity contribution in [3.05, 3.63) is 170 Å². The van der Waals surface area contributed by atoms with Crippen LogP contribution in [0.2, 0.25) is 0 Å². The van der Waals surface area contributed by atoms with E-state index >= 15 is 4.79 Å². The van der Waals surface area contributed by atoms with Gasteiger partial charge in [-0.05, 0) is 87.6 Å². The van der Waals surface area contributed by atoms with E-state index in [2.05, 4.69) is 16.0 Å². The summed E-state index contributed by atoms with van der Waals surface area (Å²) in [5.41, 5.74) is -12.4. The molecule has 0 unspecified atom stereocenters. The number of phenolic OH excluding ortho intramolecular Hbond substituents is 2. The predicted octanol–water partition coefficient (Wildman–Crippen LogP) is 5.55. The van der Waals surface area contributed by atoms with Crippen LogP contribution in [-0.4, -0.2) is 200 Å². The number of hydrogen-bond donors (Lipinski definition) is 9. The molecule has 17 atom stereocenters. The lowest BCUT2D eigenvalue weighted by atomic mass is 9.44. The Labute approximate surface area is 649 Å². The van der Waals surface area contributed by atoms with Gasteiger partial charge in [0.25, 0.3) is 5.91 Å². The number of methoxy groups -OCH3 is 1. The largest absolute Gasteiger partial charge is 0.507 e. The van der Waals surface area contributed by atoms with E-state index in [1.54, 1.807) is 66.7 Å². The van der Waals surface area contributed by atoms with E-state index in [1.807, 2.05) is 0 Å². The molecule has 12 rings (SSSR count). The summed E-state index contributed by atoms with van der Waals surface area (Å²) in [7, 11) is 1.29. The second-order valence-corrected chi connectivity index (χ2v) is 30.8. The molecule has 2 saturated carbocycles. The fraction of sp³-hybridized carbons (Fsp3) is 0.470. The van der Waals surface area contributed by atoms with Gasteiger partial charge in [0, 0.05) is 93.0 Å². The number of ketones is 4. The molecule has 600 valence electrons. The van der Waals surface area contributed by atoms with Crippen molar-refractivity contribution in [2.24, 2.45) is 16.7 Å². The third-order valence-electron chi connectivity index (χ3n) is 23.5. The molecular formula is C83H91N3O27. The van der Waals surface area contributed by atoms with E-state index in [0.717, 1.165) is 20.8 Å². The Bertz CT molecular complexity index is 4680. The number of benzene rings is 5. The first kappa shape index (κ1) is 81.9. The molecule has 0 aromatic heterocycles. The number of Topliss-reactive ketones (excluding diaryl/α,β-unsaturated/α-hetero) is 2. The summed E-state index contributed by atoms with van der Waals surface area (Å²) < 4.78 is 55.3. The maximum absolute atomic E-state index is 16.5. The summed E-state index contributed by atoms with van der Waals surface area (Å²) in [6.45, 7) is 9.71. The number of rotatable bonds is 24.